The Kier molecular flexibility index (Phi) is 4.55. The summed E-state index contributed by atoms with van der Waals surface area (Å²) in [6.45, 7) is 0. The maximum atomic E-state index is 13.2. The van der Waals surface area contributed by atoms with Crippen molar-refractivity contribution in [2.75, 3.05) is 12.4 Å². The monoisotopic (exact) mass is 307 g/mol. The maximum absolute atomic E-state index is 13.2. The molecule has 2 rings (SSSR count). The van der Waals surface area contributed by atoms with Gasteiger partial charge in [0.05, 0.1) is 23.4 Å². The summed E-state index contributed by atoms with van der Waals surface area (Å²) in [5, 5.41) is 2.70. The molecule has 0 aliphatic heterocycles. The van der Waals surface area contributed by atoms with Gasteiger partial charge in [-0.05, 0) is 36.4 Å². The molecule has 0 aromatic heterocycles. The van der Waals surface area contributed by atoms with Gasteiger partial charge in [0, 0.05) is 5.56 Å². The SMILES string of the molecule is COc1cc(C=O)ccc1NC(=O)c1cc(F)ccc1Cl. The van der Waals surface area contributed by atoms with Gasteiger partial charge in [-0.25, -0.2) is 4.39 Å². The van der Waals surface area contributed by atoms with Gasteiger partial charge in [-0.15, -0.1) is 0 Å². The molecule has 21 heavy (non-hydrogen) atoms. The number of ether oxygens (including phenoxy) is 1. The maximum Gasteiger partial charge on any atom is 0.257 e. The fraction of sp³-hybridized carbons (Fsp3) is 0.0667. The van der Waals surface area contributed by atoms with Crippen LogP contribution >= 0.6 is 11.6 Å². The number of nitrogens with one attached hydrogen (secondary N) is 1. The third-order valence-electron chi connectivity index (χ3n) is 2.78. The Morgan fingerprint density at radius 1 is 1.29 bits per heavy atom. The quantitative estimate of drug-likeness (QED) is 0.879. The molecule has 2 aromatic rings. The molecule has 108 valence electrons. The lowest BCUT2D eigenvalue weighted by molar-refractivity contribution is 0.102. The molecule has 0 bridgehead atoms. The number of amides is 1. The van der Waals surface area contributed by atoms with Crippen LogP contribution in [-0.2, 0) is 0 Å². The summed E-state index contributed by atoms with van der Waals surface area (Å²) in [5.74, 6) is -0.815. The molecule has 0 saturated heterocycles. The molecule has 0 spiro atoms. The lowest BCUT2D eigenvalue weighted by Gasteiger charge is -2.11. The van der Waals surface area contributed by atoms with Gasteiger partial charge < -0.3 is 10.1 Å². The van der Waals surface area contributed by atoms with Crippen molar-refractivity contribution in [1.82, 2.24) is 0 Å². The van der Waals surface area contributed by atoms with Gasteiger partial charge in [-0.3, -0.25) is 9.59 Å². The molecule has 0 saturated carbocycles. The molecule has 0 aliphatic rings. The summed E-state index contributed by atoms with van der Waals surface area (Å²) in [4.78, 5) is 22.8. The van der Waals surface area contributed by atoms with E-state index in [0.717, 1.165) is 6.07 Å². The van der Waals surface area contributed by atoms with Crippen LogP contribution in [0.2, 0.25) is 5.02 Å². The van der Waals surface area contributed by atoms with Gasteiger partial charge in [0.15, 0.2) is 0 Å². The van der Waals surface area contributed by atoms with E-state index in [-0.39, 0.29) is 10.6 Å². The standard InChI is InChI=1S/C15H11ClFNO3/c1-21-14-6-9(8-19)2-5-13(14)18-15(20)11-7-10(17)3-4-12(11)16/h2-8H,1H3,(H,18,20). The second-order valence-corrected chi connectivity index (χ2v) is 4.56. The van der Waals surface area contributed by atoms with Crippen molar-refractivity contribution in [1.29, 1.82) is 0 Å². The van der Waals surface area contributed by atoms with Gasteiger partial charge in [-0.1, -0.05) is 11.6 Å². The highest BCUT2D eigenvalue weighted by molar-refractivity contribution is 6.34. The van der Waals surface area contributed by atoms with E-state index in [2.05, 4.69) is 5.32 Å². The molecule has 0 fully saturated rings. The zero-order valence-electron chi connectivity index (χ0n) is 11.0. The third-order valence-corrected chi connectivity index (χ3v) is 3.11. The fourth-order valence-corrected chi connectivity index (χ4v) is 1.95. The Morgan fingerprint density at radius 2 is 2.05 bits per heavy atom. The Balaban J connectivity index is 2.31. The molecule has 6 heteroatoms. The molecule has 4 nitrogen and oxygen atoms in total. The molecular formula is C15H11ClFNO3. The normalized spacial score (nSPS) is 10.0. The summed E-state index contributed by atoms with van der Waals surface area (Å²) in [6, 6.07) is 8.04. The van der Waals surface area contributed by atoms with Crippen molar-refractivity contribution < 1.29 is 18.7 Å². The number of carbonyl (C=O) groups excluding carboxylic acids is 2. The van der Waals surface area contributed by atoms with Crippen molar-refractivity contribution in [3.05, 3.63) is 58.4 Å². The molecule has 1 N–H and O–H groups in total. The van der Waals surface area contributed by atoms with Gasteiger partial charge in [0.1, 0.15) is 17.9 Å². The first kappa shape index (κ1) is 15.0. The summed E-state index contributed by atoms with van der Waals surface area (Å²) in [6.07, 6.45) is 0.664. The number of hydrogen-bond donors (Lipinski definition) is 1. The van der Waals surface area contributed by atoms with Crippen LogP contribution in [0.15, 0.2) is 36.4 Å². The molecule has 0 atom stereocenters. The zero-order chi connectivity index (χ0) is 15.4. The number of aldehydes is 1. The van der Waals surface area contributed by atoms with Crippen LogP contribution in [0.3, 0.4) is 0 Å². The minimum atomic E-state index is -0.573. The van der Waals surface area contributed by atoms with E-state index in [0.29, 0.717) is 23.3 Å². The molecule has 2 aromatic carbocycles. The number of benzene rings is 2. The highest BCUT2D eigenvalue weighted by Crippen LogP contribution is 2.26. The molecular weight excluding hydrogens is 297 g/mol. The Labute approximate surface area is 125 Å². The van der Waals surface area contributed by atoms with E-state index in [9.17, 15) is 14.0 Å². The van der Waals surface area contributed by atoms with Gasteiger partial charge in [0.25, 0.3) is 5.91 Å². The first-order valence-corrected chi connectivity index (χ1v) is 6.32. The molecule has 0 aliphatic carbocycles. The van der Waals surface area contributed by atoms with E-state index in [1.165, 1.54) is 37.4 Å². The molecule has 0 radical (unpaired) electrons. The van der Waals surface area contributed by atoms with Crippen molar-refractivity contribution >= 4 is 29.5 Å². The summed E-state index contributed by atoms with van der Waals surface area (Å²) < 4.78 is 18.3. The second kappa shape index (κ2) is 6.37. The minimum Gasteiger partial charge on any atom is -0.495 e. The predicted molar refractivity (Wildman–Crippen MR) is 77.7 cm³/mol. The summed E-state index contributed by atoms with van der Waals surface area (Å²) >= 11 is 5.87. The van der Waals surface area contributed by atoms with E-state index < -0.39 is 11.7 Å². The average Bonchev–Trinajstić information content (AvgIpc) is 2.49. The Bertz CT molecular complexity index is 703. The first-order chi connectivity index (χ1) is 10.0. The molecule has 0 unspecified atom stereocenters. The van der Waals surface area contributed by atoms with Gasteiger partial charge >= 0.3 is 0 Å². The van der Waals surface area contributed by atoms with Crippen LogP contribution in [0.25, 0.3) is 0 Å². The average molecular weight is 308 g/mol. The third kappa shape index (κ3) is 3.38. The van der Waals surface area contributed by atoms with Crippen LogP contribution in [0.1, 0.15) is 20.7 Å². The molecule has 1 amide bonds. The van der Waals surface area contributed by atoms with Crippen LogP contribution < -0.4 is 10.1 Å². The predicted octanol–water partition coefficient (Wildman–Crippen LogP) is 3.55. The number of methoxy groups -OCH3 is 1. The van der Waals surface area contributed by atoms with Crippen molar-refractivity contribution in [3.8, 4) is 5.75 Å². The number of hydrogen-bond acceptors (Lipinski definition) is 3. The number of carbonyl (C=O) groups is 2. The van der Waals surface area contributed by atoms with E-state index in [4.69, 9.17) is 16.3 Å². The van der Waals surface area contributed by atoms with Crippen LogP contribution in [-0.4, -0.2) is 19.3 Å². The van der Waals surface area contributed by atoms with Crippen molar-refractivity contribution in [2.24, 2.45) is 0 Å². The van der Waals surface area contributed by atoms with Crippen molar-refractivity contribution in [2.45, 2.75) is 0 Å². The van der Waals surface area contributed by atoms with Gasteiger partial charge in [0.2, 0.25) is 0 Å². The van der Waals surface area contributed by atoms with E-state index in [1.54, 1.807) is 0 Å². The van der Waals surface area contributed by atoms with Crippen LogP contribution in [0.5, 0.6) is 5.75 Å². The highest BCUT2D eigenvalue weighted by atomic mass is 35.5. The largest absolute Gasteiger partial charge is 0.495 e. The zero-order valence-corrected chi connectivity index (χ0v) is 11.8. The van der Waals surface area contributed by atoms with E-state index in [1.807, 2.05) is 0 Å². The topological polar surface area (TPSA) is 55.4 Å². The second-order valence-electron chi connectivity index (χ2n) is 4.16. The van der Waals surface area contributed by atoms with Crippen molar-refractivity contribution in [3.63, 3.8) is 0 Å². The smallest absolute Gasteiger partial charge is 0.257 e. The summed E-state index contributed by atoms with van der Waals surface area (Å²) in [5.41, 5.74) is 0.778. The Morgan fingerprint density at radius 3 is 2.71 bits per heavy atom. The number of halogens is 2. The summed E-state index contributed by atoms with van der Waals surface area (Å²) in [7, 11) is 1.41. The Hall–Kier alpha value is -2.40. The van der Waals surface area contributed by atoms with Crippen LogP contribution in [0.4, 0.5) is 10.1 Å². The van der Waals surface area contributed by atoms with Crippen LogP contribution in [0, 0.1) is 5.82 Å². The first-order valence-electron chi connectivity index (χ1n) is 5.94. The number of anilines is 1. The highest BCUT2D eigenvalue weighted by Gasteiger charge is 2.14. The number of rotatable bonds is 4. The minimum absolute atomic E-state index is 0.0122. The van der Waals surface area contributed by atoms with E-state index >= 15 is 0 Å². The fourth-order valence-electron chi connectivity index (χ4n) is 1.75. The lowest BCUT2D eigenvalue weighted by atomic mass is 10.1. The molecule has 0 heterocycles. The van der Waals surface area contributed by atoms with Gasteiger partial charge in [-0.2, -0.15) is 0 Å². The lowest BCUT2D eigenvalue weighted by Crippen LogP contribution is -2.13.